The number of fused-ring (bicyclic) bond motifs is 1. The molecule has 0 unspecified atom stereocenters. The van der Waals surface area contributed by atoms with Crippen LogP contribution in [-0.4, -0.2) is 23.3 Å². The van der Waals surface area contributed by atoms with Gasteiger partial charge in [-0.3, -0.25) is 14.5 Å². The lowest BCUT2D eigenvalue weighted by molar-refractivity contribution is -0.139. The largest absolute Gasteiger partial charge is 0.282 e. The third-order valence-electron chi connectivity index (χ3n) is 2.97. The predicted octanol–water partition coefficient (Wildman–Crippen LogP) is 1.51. The first-order chi connectivity index (χ1) is 7.25. The smallest absolute Gasteiger partial charge is 0.237 e. The fourth-order valence-corrected chi connectivity index (χ4v) is 2.08. The molecule has 0 N–H and O–H groups in total. The van der Waals surface area contributed by atoms with Gasteiger partial charge in [-0.05, 0) is 6.42 Å². The van der Waals surface area contributed by atoms with E-state index in [1.807, 2.05) is 24.3 Å². The number of allylic oxidation sites excluding steroid dienone is 2. The van der Waals surface area contributed by atoms with Gasteiger partial charge >= 0.3 is 0 Å². The molecule has 0 radical (unpaired) electrons. The van der Waals surface area contributed by atoms with Crippen molar-refractivity contribution in [2.75, 3.05) is 6.54 Å². The van der Waals surface area contributed by atoms with Crippen molar-refractivity contribution < 1.29 is 9.59 Å². The topological polar surface area (TPSA) is 37.4 Å². The molecule has 1 aliphatic heterocycles. The van der Waals surface area contributed by atoms with Crippen LogP contribution in [0.25, 0.3) is 0 Å². The summed E-state index contributed by atoms with van der Waals surface area (Å²) in [5.41, 5.74) is 0. The molecule has 1 fully saturated rings. The Morgan fingerprint density at radius 3 is 2.13 bits per heavy atom. The average Bonchev–Trinajstić information content (AvgIpc) is 2.51. The van der Waals surface area contributed by atoms with E-state index in [0.717, 1.165) is 12.8 Å². The monoisotopic (exact) mass is 205 g/mol. The number of hydrogen-bond acceptors (Lipinski definition) is 2. The van der Waals surface area contributed by atoms with E-state index in [1.165, 1.54) is 4.90 Å². The van der Waals surface area contributed by atoms with E-state index >= 15 is 0 Å². The van der Waals surface area contributed by atoms with E-state index in [2.05, 4.69) is 6.92 Å². The van der Waals surface area contributed by atoms with Gasteiger partial charge < -0.3 is 0 Å². The summed E-state index contributed by atoms with van der Waals surface area (Å²) in [6, 6.07) is 0. The second-order valence-electron chi connectivity index (χ2n) is 4.00. The summed E-state index contributed by atoms with van der Waals surface area (Å²) in [5.74, 6) is -0.531. The number of amides is 2. The van der Waals surface area contributed by atoms with Crippen molar-refractivity contribution in [2.45, 2.75) is 19.8 Å². The second kappa shape index (κ2) is 4.01. The van der Waals surface area contributed by atoms with Gasteiger partial charge in [-0.1, -0.05) is 37.6 Å². The highest BCUT2D eigenvalue weighted by molar-refractivity contribution is 6.07. The molecular formula is C12H15NO2. The summed E-state index contributed by atoms with van der Waals surface area (Å²) in [6.07, 6.45) is 9.24. The Hall–Kier alpha value is -1.38. The van der Waals surface area contributed by atoms with Crippen molar-refractivity contribution in [3.8, 4) is 0 Å². The number of likely N-dealkylation sites (tertiary alicyclic amines) is 1. The van der Waals surface area contributed by atoms with Gasteiger partial charge in [-0.25, -0.2) is 0 Å². The Balaban J connectivity index is 2.15. The van der Waals surface area contributed by atoms with Crippen molar-refractivity contribution in [3.63, 3.8) is 0 Å². The van der Waals surface area contributed by atoms with Crippen LogP contribution in [0, 0.1) is 11.8 Å². The summed E-state index contributed by atoms with van der Waals surface area (Å²) in [5, 5.41) is 0. The maximum atomic E-state index is 11.9. The van der Waals surface area contributed by atoms with Gasteiger partial charge in [0.2, 0.25) is 11.8 Å². The summed E-state index contributed by atoms with van der Waals surface area (Å²) in [7, 11) is 0. The molecule has 0 bridgehead atoms. The Morgan fingerprint density at radius 1 is 1.13 bits per heavy atom. The normalized spacial score (nSPS) is 28.7. The molecule has 2 amide bonds. The fourth-order valence-electron chi connectivity index (χ4n) is 2.08. The minimum absolute atomic E-state index is 0.0287. The molecule has 15 heavy (non-hydrogen) atoms. The molecule has 1 saturated heterocycles. The summed E-state index contributed by atoms with van der Waals surface area (Å²) in [4.78, 5) is 25.2. The summed E-state index contributed by atoms with van der Waals surface area (Å²) >= 11 is 0. The SMILES string of the molecule is CCCCN1C(=O)[C@@H]2C=CC=C[C@H]2C1=O. The van der Waals surface area contributed by atoms with Gasteiger partial charge in [0.1, 0.15) is 0 Å². The van der Waals surface area contributed by atoms with Gasteiger partial charge in [0.25, 0.3) is 0 Å². The Labute approximate surface area is 89.4 Å². The highest BCUT2D eigenvalue weighted by Crippen LogP contribution is 2.30. The van der Waals surface area contributed by atoms with E-state index < -0.39 is 0 Å². The highest BCUT2D eigenvalue weighted by atomic mass is 16.2. The van der Waals surface area contributed by atoms with Crippen LogP contribution in [0.4, 0.5) is 0 Å². The van der Waals surface area contributed by atoms with Crippen molar-refractivity contribution in [1.29, 1.82) is 0 Å². The van der Waals surface area contributed by atoms with Crippen LogP contribution in [0.5, 0.6) is 0 Å². The molecule has 2 atom stereocenters. The first-order valence-corrected chi connectivity index (χ1v) is 5.46. The maximum Gasteiger partial charge on any atom is 0.237 e. The molecule has 80 valence electrons. The predicted molar refractivity (Wildman–Crippen MR) is 56.9 cm³/mol. The molecule has 0 aromatic carbocycles. The third-order valence-corrected chi connectivity index (χ3v) is 2.97. The standard InChI is InChI=1S/C12H15NO2/c1-2-3-8-13-11(14)9-6-4-5-7-10(9)12(13)15/h4-7,9-10H,2-3,8H2,1H3/t9-,10-/m1/s1. The molecule has 2 aliphatic rings. The molecule has 3 heteroatoms. The number of unbranched alkanes of at least 4 members (excludes halogenated alkanes) is 1. The van der Waals surface area contributed by atoms with E-state index in [9.17, 15) is 9.59 Å². The summed E-state index contributed by atoms with van der Waals surface area (Å²) < 4.78 is 0. The van der Waals surface area contributed by atoms with Crippen LogP contribution in [-0.2, 0) is 9.59 Å². The molecule has 0 aromatic heterocycles. The van der Waals surface area contributed by atoms with E-state index in [0.29, 0.717) is 6.54 Å². The van der Waals surface area contributed by atoms with Crippen LogP contribution < -0.4 is 0 Å². The number of rotatable bonds is 3. The maximum absolute atomic E-state index is 11.9. The first-order valence-electron chi connectivity index (χ1n) is 5.46. The first kappa shape index (κ1) is 10.1. The van der Waals surface area contributed by atoms with Crippen molar-refractivity contribution >= 4 is 11.8 Å². The number of carbonyl (C=O) groups is 2. The second-order valence-corrected chi connectivity index (χ2v) is 4.00. The zero-order valence-corrected chi connectivity index (χ0v) is 8.85. The zero-order chi connectivity index (χ0) is 10.8. The quantitative estimate of drug-likeness (QED) is 0.655. The van der Waals surface area contributed by atoms with Crippen LogP contribution in [0.2, 0.25) is 0 Å². The van der Waals surface area contributed by atoms with Gasteiger partial charge in [0.15, 0.2) is 0 Å². The molecule has 0 aromatic rings. The van der Waals surface area contributed by atoms with Crippen molar-refractivity contribution in [3.05, 3.63) is 24.3 Å². The van der Waals surface area contributed by atoms with Gasteiger partial charge in [0, 0.05) is 6.54 Å². The fraction of sp³-hybridized carbons (Fsp3) is 0.500. The lowest BCUT2D eigenvalue weighted by Gasteiger charge is -2.12. The molecule has 3 nitrogen and oxygen atoms in total. The lowest BCUT2D eigenvalue weighted by atomic mass is 9.91. The highest BCUT2D eigenvalue weighted by Gasteiger charge is 2.44. The van der Waals surface area contributed by atoms with E-state index in [4.69, 9.17) is 0 Å². The van der Waals surface area contributed by atoms with Crippen molar-refractivity contribution in [1.82, 2.24) is 4.90 Å². The number of imide groups is 1. The number of carbonyl (C=O) groups excluding carboxylic acids is 2. The Kier molecular flexibility index (Phi) is 2.71. The van der Waals surface area contributed by atoms with Crippen LogP contribution in [0.15, 0.2) is 24.3 Å². The number of nitrogens with zero attached hydrogens (tertiary/aromatic N) is 1. The summed E-state index contributed by atoms with van der Waals surface area (Å²) in [6.45, 7) is 2.63. The van der Waals surface area contributed by atoms with Gasteiger partial charge in [-0.2, -0.15) is 0 Å². The molecule has 0 spiro atoms. The molecule has 1 aliphatic carbocycles. The van der Waals surface area contributed by atoms with Crippen LogP contribution in [0.3, 0.4) is 0 Å². The Bertz CT molecular complexity index is 314. The Morgan fingerprint density at radius 2 is 1.67 bits per heavy atom. The molecule has 2 rings (SSSR count). The minimum Gasteiger partial charge on any atom is -0.282 e. The van der Waals surface area contributed by atoms with Gasteiger partial charge in [0.05, 0.1) is 11.8 Å². The van der Waals surface area contributed by atoms with Crippen LogP contribution >= 0.6 is 0 Å². The lowest BCUT2D eigenvalue weighted by Crippen LogP contribution is -2.31. The zero-order valence-electron chi connectivity index (χ0n) is 8.85. The van der Waals surface area contributed by atoms with Crippen molar-refractivity contribution in [2.24, 2.45) is 11.8 Å². The van der Waals surface area contributed by atoms with Crippen LogP contribution in [0.1, 0.15) is 19.8 Å². The van der Waals surface area contributed by atoms with E-state index in [1.54, 1.807) is 0 Å². The molecule has 0 saturated carbocycles. The third kappa shape index (κ3) is 1.62. The number of hydrogen-bond donors (Lipinski definition) is 0. The molecular weight excluding hydrogens is 190 g/mol. The van der Waals surface area contributed by atoms with E-state index in [-0.39, 0.29) is 23.7 Å². The van der Waals surface area contributed by atoms with Gasteiger partial charge in [-0.15, -0.1) is 0 Å². The molecule has 1 heterocycles. The minimum atomic E-state index is -0.237. The average molecular weight is 205 g/mol.